The molecule has 0 radical (unpaired) electrons. The van der Waals surface area contributed by atoms with E-state index < -0.39 is 0 Å². The lowest BCUT2D eigenvalue weighted by Crippen LogP contribution is -2.30. The summed E-state index contributed by atoms with van der Waals surface area (Å²) in [6.07, 6.45) is 9.02. The van der Waals surface area contributed by atoms with Crippen LogP contribution in [0.4, 0.5) is 0 Å². The molecule has 1 atom stereocenters. The third-order valence-electron chi connectivity index (χ3n) is 5.42. The summed E-state index contributed by atoms with van der Waals surface area (Å²) >= 11 is 6.62. The fraction of sp³-hybridized carbons (Fsp3) is 0.318. The van der Waals surface area contributed by atoms with Crippen LogP contribution in [-0.2, 0) is 18.3 Å². The summed E-state index contributed by atoms with van der Waals surface area (Å²) in [6.45, 7) is 1.87. The van der Waals surface area contributed by atoms with Crippen molar-refractivity contribution in [2.75, 3.05) is 0 Å². The van der Waals surface area contributed by atoms with Crippen LogP contribution in [0.15, 0.2) is 42.9 Å². The highest BCUT2D eigenvalue weighted by molar-refractivity contribution is 6.33. The summed E-state index contributed by atoms with van der Waals surface area (Å²) in [5.74, 6) is 0.0758. The van der Waals surface area contributed by atoms with E-state index in [9.17, 15) is 4.79 Å². The van der Waals surface area contributed by atoms with Gasteiger partial charge in [-0.05, 0) is 48.1 Å². The van der Waals surface area contributed by atoms with Crippen molar-refractivity contribution >= 4 is 17.5 Å². The normalized spacial score (nSPS) is 15.9. The summed E-state index contributed by atoms with van der Waals surface area (Å²) in [6, 6.07) is 8.10. The number of nitrogens with zero attached hydrogens (tertiary/aromatic N) is 3. The number of amides is 1. The predicted molar refractivity (Wildman–Crippen MR) is 111 cm³/mol. The van der Waals surface area contributed by atoms with Crippen LogP contribution in [0.5, 0.6) is 0 Å². The van der Waals surface area contributed by atoms with E-state index in [1.807, 2.05) is 49.2 Å². The zero-order chi connectivity index (χ0) is 19.7. The van der Waals surface area contributed by atoms with Crippen molar-refractivity contribution in [2.45, 2.75) is 38.6 Å². The lowest BCUT2D eigenvalue weighted by molar-refractivity contribution is -0.121. The molecule has 2 heterocycles. The first kappa shape index (κ1) is 18.7. The van der Waals surface area contributed by atoms with Gasteiger partial charge in [-0.15, -0.1) is 0 Å². The van der Waals surface area contributed by atoms with Crippen LogP contribution in [0.2, 0.25) is 5.02 Å². The highest BCUT2D eigenvalue weighted by atomic mass is 35.5. The van der Waals surface area contributed by atoms with Gasteiger partial charge in [-0.2, -0.15) is 5.10 Å². The molecule has 1 aromatic carbocycles. The molecular formula is C22H23ClN4O. The van der Waals surface area contributed by atoms with E-state index in [2.05, 4.69) is 21.5 Å². The van der Waals surface area contributed by atoms with Gasteiger partial charge in [0.15, 0.2) is 0 Å². The minimum Gasteiger partial charge on any atom is -0.349 e. The number of halogens is 1. The molecule has 0 saturated heterocycles. The van der Waals surface area contributed by atoms with Crippen molar-refractivity contribution in [3.63, 3.8) is 0 Å². The van der Waals surface area contributed by atoms with Gasteiger partial charge in [0.05, 0.1) is 16.8 Å². The molecule has 1 aliphatic carbocycles. The lowest BCUT2D eigenvalue weighted by atomic mass is 9.84. The van der Waals surface area contributed by atoms with Gasteiger partial charge in [0.25, 0.3) is 0 Å². The van der Waals surface area contributed by atoms with E-state index in [-0.39, 0.29) is 11.9 Å². The van der Waals surface area contributed by atoms with Crippen molar-refractivity contribution in [1.82, 2.24) is 20.1 Å². The van der Waals surface area contributed by atoms with Crippen LogP contribution >= 0.6 is 11.6 Å². The monoisotopic (exact) mass is 394 g/mol. The maximum absolute atomic E-state index is 11.9. The standard InChI is InChI=1S/C22H23ClN4O/c1-3-22(28)26-20-6-4-5-15-17(12-24-13-18(15)20)14-7-8-16(19(23)11-14)21-9-10-25-27(21)2/h7-13,20H,3-6H2,1-2H3,(H,26,28)/t20-/m1/s1. The van der Waals surface area contributed by atoms with Crippen LogP contribution in [0.3, 0.4) is 0 Å². The third kappa shape index (κ3) is 3.42. The van der Waals surface area contributed by atoms with E-state index in [1.54, 1.807) is 6.20 Å². The number of hydrogen-bond donors (Lipinski definition) is 1. The molecule has 144 valence electrons. The average molecular weight is 395 g/mol. The summed E-state index contributed by atoms with van der Waals surface area (Å²) in [5, 5.41) is 8.04. The van der Waals surface area contributed by atoms with Gasteiger partial charge in [0, 0.05) is 43.2 Å². The number of hydrogen-bond acceptors (Lipinski definition) is 3. The van der Waals surface area contributed by atoms with Gasteiger partial charge in [-0.1, -0.05) is 30.7 Å². The first-order valence-corrected chi connectivity index (χ1v) is 10.0. The molecule has 3 aromatic rings. The first-order chi connectivity index (χ1) is 13.6. The number of carbonyl (C=O) groups is 1. The van der Waals surface area contributed by atoms with Gasteiger partial charge in [0.2, 0.25) is 5.91 Å². The Morgan fingerprint density at radius 3 is 2.86 bits per heavy atom. The molecule has 0 unspecified atom stereocenters. The second-order valence-electron chi connectivity index (χ2n) is 7.16. The van der Waals surface area contributed by atoms with Crippen molar-refractivity contribution < 1.29 is 4.79 Å². The highest BCUT2D eigenvalue weighted by Crippen LogP contribution is 2.38. The molecule has 28 heavy (non-hydrogen) atoms. The summed E-state index contributed by atoms with van der Waals surface area (Å²) in [5.41, 5.74) is 6.45. The average Bonchev–Trinajstić information content (AvgIpc) is 3.13. The largest absolute Gasteiger partial charge is 0.349 e. The minimum atomic E-state index is 0.0350. The van der Waals surface area contributed by atoms with Gasteiger partial charge in [-0.25, -0.2) is 0 Å². The topological polar surface area (TPSA) is 59.8 Å². The number of carbonyl (C=O) groups excluding carboxylic acids is 1. The van der Waals surface area contributed by atoms with Crippen LogP contribution in [0.1, 0.15) is 43.4 Å². The molecule has 0 bridgehead atoms. The minimum absolute atomic E-state index is 0.0350. The van der Waals surface area contributed by atoms with Crippen LogP contribution in [0, 0.1) is 0 Å². The van der Waals surface area contributed by atoms with Crippen molar-refractivity contribution in [3.05, 3.63) is 59.0 Å². The van der Waals surface area contributed by atoms with Gasteiger partial charge in [-0.3, -0.25) is 14.5 Å². The van der Waals surface area contributed by atoms with E-state index in [1.165, 1.54) is 5.56 Å². The fourth-order valence-electron chi connectivity index (χ4n) is 3.94. The fourth-order valence-corrected chi connectivity index (χ4v) is 4.22. The van der Waals surface area contributed by atoms with Crippen LogP contribution in [0.25, 0.3) is 22.4 Å². The molecule has 6 heteroatoms. The molecule has 2 aromatic heterocycles. The number of fused-ring (bicyclic) bond motifs is 1. The number of nitrogens with one attached hydrogen (secondary N) is 1. The Kier molecular flexibility index (Phi) is 5.18. The lowest BCUT2D eigenvalue weighted by Gasteiger charge is -2.27. The van der Waals surface area contributed by atoms with Crippen LogP contribution < -0.4 is 5.32 Å². The first-order valence-electron chi connectivity index (χ1n) is 9.63. The number of aromatic nitrogens is 3. The second kappa shape index (κ2) is 7.76. The molecule has 5 nitrogen and oxygen atoms in total. The SMILES string of the molecule is CCC(=O)N[C@@H]1CCCc2c(-c3ccc(-c4ccnn4C)c(Cl)c3)cncc21. The smallest absolute Gasteiger partial charge is 0.220 e. The Hall–Kier alpha value is -2.66. The Bertz CT molecular complexity index is 1030. The van der Waals surface area contributed by atoms with Crippen molar-refractivity contribution in [1.29, 1.82) is 0 Å². The highest BCUT2D eigenvalue weighted by Gasteiger charge is 2.24. The zero-order valence-electron chi connectivity index (χ0n) is 16.1. The molecule has 1 amide bonds. The second-order valence-corrected chi connectivity index (χ2v) is 7.56. The van der Waals surface area contributed by atoms with Gasteiger partial charge < -0.3 is 5.32 Å². The Balaban J connectivity index is 1.73. The van der Waals surface area contributed by atoms with Gasteiger partial charge >= 0.3 is 0 Å². The van der Waals surface area contributed by atoms with Crippen molar-refractivity contribution in [2.24, 2.45) is 7.05 Å². The Morgan fingerprint density at radius 1 is 1.29 bits per heavy atom. The molecule has 0 saturated carbocycles. The number of pyridine rings is 1. The van der Waals surface area contributed by atoms with E-state index in [0.29, 0.717) is 11.4 Å². The summed E-state index contributed by atoms with van der Waals surface area (Å²) < 4.78 is 1.81. The van der Waals surface area contributed by atoms with Crippen LogP contribution in [-0.4, -0.2) is 20.7 Å². The molecule has 0 fully saturated rings. The molecule has 1 aliphatic rings. The number of aryl methyl sites for hydroxylation is 1. The summed E-state index contributed by atoms with van der Waals surface area (Å²) in [4.78, 5) is 16.4. The molecule has 4 rings (SSSR count). The van der Waals surface area contributed by atoms with E-state index in [4.69, 9.17) is 11.6 Å². The zero-order valence-corrected chi connectivity index (χ0v) is 16.8. The molecule has 0 aliphatic heterocycles. The van der Waals surface area contributed by atoms with Crippen molar-refractivity contribution in [3.8, 4) is 22.4 Å². The predicted octanol–water partition coefficient (Wildman–Crippen LogP) is 4.71. The number of rotatable bonds is 4. The maximum atomic E-state index is 11.9. The summed E-state index contributed by atoms with van der Waals surface area (Å²) in [7, 11) is 1.90. The van der Waals surface area contributed by atoms with E-state index >= 15 is 0 Å². The quantitative estimate of drug-likeness (QED) is 0.697. The molecule has 1 N–H and O–H groups in total. The van der Waals surface area contributed by atoms with E-state index in [0.717, 1.165) is 47.2 Å². The Labute approximate surface area is 169 Å². The molecule has 0 spiro atoms. The Morgan fingerprint density at radius 2 is 2.14 bits per heavy atom. The third-order valence-corrected chi connectivity index (χ3v) is 5.73. The number of benzene rings is 1. The molecular weight excluding hydrogens is 372 g/mol. The van der Waals surface area contributed by atoms with Gasteiger partial charge in [0.1, 0.15) is 0 Å². The maximum Gasteiger partial charge on any atom is 0.220 e.